The number of halogens is 1. The lowest BCUT2D eigenvalue weighted by Gasteiger charge is -2.23. The Morgan fingerprint density at radius 1 is 1.00 bits per heavy atom. The molecule has 2 aromatic rings. The van der Waals surface area contributed by atoms with Crippen molar-refractivity contribution in [1.82, 2.24) is 10.6 Å². The van der Waals surface area contributed by atoms with Crippen LogP contribution in [0.2, 0.25) is 0 Å². The van der Waals surface area contributed by atoms with E-state index in [0.29, 0.717) is 19.0 Å². The van der Waals surface area contributed by atoms with Gasteiger partial charge in [0.05, 0.1) is 12.3 Å². The molecular formula is C23H34IN3O3S. The van der Waals surface area contributed by atoms with Crippen molar-refractivity contribution in [1.29, 1.82) is 0 Å². The standard InChI is InChI=1S/C23H33N3O3S.HI/c1-6-24-22(25-15-18-11-13-19(14-12-18)17-30(5,27)28)26-16-20-9-7-8-10-21(20)29-23(2,3)4;/h7-14H,6,15-17H2,1-5H3,(H2,24,25,26);1H. The van der Waals surface area contributed by atoms with Gasteiger partial charge in [0.25, 0.3) is 0 Å². The average Bonchev–Trinajstić information content (AvgIpc) is 2.64. The van der Waals surface area contributed by atoms with Gasteiger partial charge in [0, 0.05) is 24.9 Å². The summed E-state index contributed by atoms with van der Waals surface area (Å²) in [7, 11) is -3.03. The van der Waals surface area contributed by atoms with E-state index in [9.17, 15) is 8.42 Å². The monoisotopic (exact) mass is 559 g/mol. The molecule has 0 aliphatic heterocycles. The van der Waals surface area contributed by atoms with E-state index < -0.39 is 9.84 Å². The molecule has 8 heteroatoms. The molecule has 0 amide bonds. The summed E-state index contributed by atoms with van der Waals surface area (Å²) >= 11 is 0. The van der Waals surface area contributed by atoms with Crippen molar-refractivity contribution in [3.8, 4) is 5.75 Å². The van der Waals surface area contributed by atoms with Gasteiger partial charge in [-0.2, -0.15) is 0 Å². The van der Waals surface area contributed by atoms with Gasteiger partial charge < -0.3 is 15.4 Å². The summed E-state index contributed by atoms with van der Waals surface area (Å²) < 4.78 is 28.9. The van der Waals surface area contributed by atoms with Gasteiger partial charge in [0.15, 0.2) is 15.8 Å². The molecular weight excluding hydrogens is 525 g/mol. The number of para-hydroxylation sites is 1. The number of sulfone groups is 1. The summed E-state index contributed by atoms with van der Waals surface area (Å²) in [5.41, 5.74) is 2.59. The topological polar surface area (TPSA) is 79.8 Å². The first-order valence-corrected chi connectivity index (χ1v) is 12.2. The lowest BCUT2D eigenvalue weighted by molar-refractivity contribution is 0.129. The van der Waals surface area contributed by atoms with E-state index in [1.165, 1.54) is 6.26 Å². The van der Waals surface area contributed by atoms with Crippen molar-refractivity contribution in [3.63, 3.8) is 0 Å². The molecule has 31 heavy (non-hydrogen) atoms. The lowest BCUT2D eigenvalue weighted by atomic mass is 10.1. The number of guanidine groups is 1. The third-order valence-electron chi connectivity index (χ3n) is 4.05. The fourth-order valence-corrected chi connectivity index (χ4v) is 3.61. The van der Waals surface area contributed by atoms with Gasteiger partial charge in [0.2, 0.25) is 0 Å². The molecule has 2 N–H and O–H groups in total. The van der Waals surface area contributed by atoms with E-state index in [0.717, 1.165) is 29.0 Å². The van der Waals surface area contributed by atoms with Crippen LogP contribution in [-0.2, 0) is 28.7 Å². The Bertz CT molecular complexity index is 953. The predicted octanol–water partition coefficient (Wildman–Crippen LogP) is 4.28. The largest absolute Gasteiger partial charge is 0.488 e. The summed E-state index contributed by atoms with van der Waals surface area (Å²) in [6.07, 6.45) is 1.24. The second-order valence-corrected chi connectivity index (χ2v) is 10.4. The highest BCUT2D eigenvalue weighted by molar-refractivity contribution is 14.0. The van der Waals surface area contributed by atoms with Crippen LogP contribution in [0.5, 0.6) is 5.75 Å². The van der Waals surface area contributed by atoms with Crippen molar-refractivity contribution in [2.24, 2.45) is 4.99 Å². The van der Waals surface area contributed by atoms with Crippen LogP contribution in [0, 0.1) is 0 Å². The number of nitrogens with one attached hydrogen (secondary N) is 2. The molecule has 0 fully saturated rings. The Morgan fingerprint density at radius 2 is 1.61 bits per heavy atom. The minimum absolute atomic E-state index is 0. The van der Waals surface area contributed by atoms with Crippen LogP contribution in [0.4, 0.5) is 0 Å². The smallest absolute Gasteiger partial charge is 0.191 e. The number of nitrogens with zero attached hydrogens (tertiary/aromatic N) is 1. The SMILES string of the molecule is CCNC(=NCc1ccc(CS(C)(=O)=O)cc1)NCc1ccccc1OC(C)(C)C.I. The van der Waals surface area contributed by atoms with Crippen LogP contribution in [-0.4, -0.2) is 32.8 Å². The van der Waals surface area contributed by atoms with Gasteiger partial charge in [-0.05, 0) is 44.9 Å². The van der Waals surface area contributed by atoms with E-state index in [1.807, 2.05) is 76.2 Å². The molecule has 0 spiro atoms. The highest BCUT2D eigenvalue weighted by Crippen LogP contribution is 2.22. The molecule has 0 aliphatic carbocycles. The zero-order chi connectivity index (χ0) is 22.2. The Balaban J connectivity index is 0.00000480. The molecule has 0 bridgehead atoms. The Morgan fingerprint density at radius 3 is 2.19 bits per heavy atom. The van der Waals surface area contributed by atoms with Crippen LogP contribution in [0.15, 0.2) is 53.5 Å². The van der Waals surface area contributed by atoms with Crippen LogP contribution in [0.25, 0.3) is 0 Å². The van der Waals surface area contributed by atoms with E-state index in [-0.39, 0.29) is 35.3 Å². The maximum Gasteiger partial charge on any atom is 0.191 e. The van der Waals surface area contributed by atoms with Crippen LogP contribution in [0.1, 0.15) is 44.4 Å². The number of hydrogen-bond donors (Lipinski definition) is 2. The average molecular weight is 560 g/mol. The molecule has 0 atom stereocenters. The third-order valence-corrected chi connectivity index (χ3v) is 4.91. The molecule has 172 valence electrons. The Hall–Kier alpha value is -1.81. The molecule has 2 rings (SSSR count). The van der Waals surface area contributed by atoms with Gasteiger partial charge in [-0.25, -0.2) is 13.4 Å². The van der Waals surface area contributed by atoms with Crippen molar-refractivity contribution in [2.75, 3.05) is 12.8 Å². The van der Waals surface area contributed by atoms with Crippen LogP contribution < -0.4 is 15.4 Å². The summed E-state index contributed by atoms with van der Waals surface area (Å²) in [4.78, 5) is 4.64. The quantitative estimate of drug-likeness (QED) is 0.287. The van der Waals surface area contributed by atoms with E-state index in [4.69, 9.17) is 4.74 Å². The predicted molar refractivity (Wildman–Crippen MR) is 139 cm³/mol. The number of ether oxygens (including phenoxy) is 1. The van der Waals surface area contributed by atoms with Gasteiger partial charge in [0.1, 0.15) is 11.4 Å². The highest BCUT2D eigenvalue weighted by atomic mass is 127. The maximum absolute atomic E-state index is 11.4. The molecule has 0 radical (unpaired) electrons. The lowest BCUT2D eigenvalue weighted by Crippen LogP contribution is -2.37. The molecule has 0 unspecified atom stereocenters. The third kappa shape index (κ3) is 10.9. The Labute approximate surface area is 203 Å². The highest BCUT2D eigenvalue weighted by Gasteiger charge is 2.14. The van der Waals surface area contributed by atoms with Crippen LogP contribution in [0.3, 0.4) is 0 Å². The molecule has 0 saturated heterocycles. The molecule has 0 aromatic heterocycles. The summed E-state index contributed by atoms with van der Waals surface area (Å²) in [5.74, 6) is 1.62. The van der Waals surface area contributed by atoms with E-state index in [2.05, 4.69) is 15.6 Å². The molecule has 0 heterocycles. The normalized spacial score (nSPS) is 12.1. The van der Waals surface area contributed by atoms with Gasteiger partial charge in [-0.1, -0.05) is 42.5 Å². The molecule has 6 nitrogen and oxygen atoms in total. The zero-order valence-corrected chi connectivity index (χ0v) is 22.1. The summed E-state index contributed by atoms with van der Waals surface area (Å²) in [5, 5.41) is 6.61. The Kier molecular flexibility index (Phi) is 10.8. The van der Waals surface area contributed by atoms with Crippen molar-refractivity contribution >= 4 is 39.8 Å². The number of rotatable bonds is 8. The van der Waals surface area contributed by atoms with Gasteiger partial charge in [-0.3, -0.25) is 0 Å². The minimum atomic E-state index is -3.03. The second-order valence-electron chi connectivity index (χ2n) is 8.26. The fraction of sp³-hybridized carbons (Fsp3) is 0.435. The van der Waals surface area contributed by atoms with Crippen LogP contribution >= 0.6 is 24.0 Å². The first-order valence-electron chi connectivity index (χ1n) is 10.1. The van der Waals surface area contributed by atoms with E-state index >= 15 is 0 Å². The maximum atomic E-state index is 11.4. The van der Waals surface area contributed by atoms with Gasteiger partial charge in [-0.15, -0.1) is 24.0 Å². The minimum Gasteiger partial charge on any atom is -0.488 e. The van der Waals surface area contributed by atoms with E-state index in [1.54, 1.807) is 0 Å². The second kappa shape index (κ2) is 12.3. The van der Waals surface area contributed by atoms with Crippen molar-refractivity contribution < 1.29 is 13.2 Å². The number of hydrogen-bond acceptors (Lipinski definition) is 4. The number of aliphatic imine (C=N–C) groups is 1. The number of benzene rings is 2. The molecule has 0 aliphatic rings. The van der Waals surface area contributed by atoms with Crippen molar-refractivity contribution in [3.05, 3.63) is 65.2 Å². The molecule has 0 saturated carbocycles. The first kappa shape index (κ1) is 27.2. The summed E-state index contributed by atoms with van der Waals surface area (Å²) in [6, 6.07) is 15.5. The van der Waals surface area contributed by atoms with Gasteiger partial charge >= 0.3 is 0 Å². The molecule has 2 aromatic carbocycles. The fourth-order valence-electron chi connectivity index (χ4n) is 2.81. The zero-order valence-electron chi connectivity index (χ0n) is 18.9. The van der Waals surface area contributed by atoms with Crippen molar-refractivity contribution in [2.45, 2.75) is 52.1 Å². The first-order chi connectivity index (χ1) is 14.1. The summed E-state index contributed by atoms with van der Waals surface area (Å²) in [6.45, 7) is 9.95.